The monoisotopic (exact) mass is 319 g/mol. The highest BCUT2D eigenvalue weighted by atomic mass is 16.5. The first-order valence-corrected chi connectivity index (χ1v) is 6.78. The van der Waals surface area contributed by atoms with Crippen LogP contribution in [-0.2, 0) is 9.53 Å². The van der Waals surface area contributed by atoms with E-state index in [1.165, 1.54) is 18.9 Å². The van der Waals surface area contributed by atoms with Gasteiger partial charge in [0, 0.05) is 7.11 Å². The number of carbonyl (C=O) groups is 2. The van der Waals surface area contributed by atoms with E-state index in [1.54, 1.807) is 6.20 Å². The second-order valence-electron chi connectivity index (χ2n) is 4.65. The Balaban J connectivity index is 2.26. The van der Waals surface area contributed by atoms with Crippen molar-refractivity contribution in [2.75, 3.05) is 20.8 Å². The molecule has 8 nitrogen and oxygen atoms in total. The van der Waals surface area contributed by atoms with E-state index >= 15 is 0 Å². The quantitative estimate of drug-likeness (QED) is 0.779. The molecule has 1 amide bonds. The Kier molecular flexibility index (Phi) is 5.32. The Morgan fingerprint density at radius 2 is 2.00 bits per heavy atom. The summed E-state index contributed by atoms with van der Waals surface area (Å²) in [4.78, 5) is 23.4. The van der Waals surface area contributed by atoms with Crippen LogP contribution in [0.3, 0.4) is 0 Å². The van der Waals surface area contributed by atoms with E-state index in [-0.39, 0.29) is 18.1 Å². The lowest BCUT2D eigenvalue weighted by atomic mass is 10.3. The average molecular weight is 319 g/mol. The molecular formula is C15H17N3O5. The van der Waals surface area contributed by atoms with Crippen LogP contribution in [0, 0.1) is 0 Å². The molecule has 1 atom stereocenters. The third kappa shape index (κ3) is 3.86. The molecule has 0 aliphatic carbocycles. The molecule has 8 heteroatoms. The molecule has 0 saturated carbocycles. The zero-order valence-electron chi connectivity index (χ0n) is 12.7. The summed E-state index contributed by atoms with van der Waals surface area (Å²) in [6.45, 7) is -0.150. The fraction of sp³-hybridized carbons (Fsp3) is 0.267. The second kappa shape index (κ2) is 7.41. The van der Waals surface area contributed by atoms with E-state index in [1.807, 2.05) is 30.3 Å². The topological polar surface area (TPSA) is 103 Å². The average Bonchev–Trinajstić information content (AvgIpc) is 2.99. The number of benzene rings is 1. The molecule has 0 radical (unpaired) electrons. The van der Waals surface area contributed by atoms with Gasteiger partial charge in [0.05, 0.1) is 25.6 Å². The number of nitrogens with one attached hydrogen (secondary N) is 1. The summed E-state index contributed by atoms with van der Waals surface area (Å²) >= 11 is 0. The van der Waals surface area contributed by atoms with Crippen LogP contribution in [-0.4, -0.2) is 53.6 Å². The predicted octanol–water partition coefficient (Wildman–Crippen LogP) is 0.710. The summed E-state index contributed by atoms with van der Waals surface area (Å²) < 4.78 is 11.4. The molecule has 0 spiro atoms. The third-order valence-corrected chi connectivity index (χ3v) is 3.07. The molecule has 0 aliphatic rings. The van der Waals surface area contributed by atoms with E-state index in [9.17, 15) is 9.59 Å². The lowest BCUT2D eigenvalue weighted by Gasteiger charge is -2.12. The number of nitrogens with zero attached hydrogens (tertiary/aromatic N) is 2. The van der Waals surface area contributed by atoms with Crippen LogP contribution in [0.1, 0.15) is 10.5 Å². The highest BCUT2D eigenvalue weighted by molar-refractivity contribution is 5.97. The van der Waals surface area contributed by atoms with Crippen molar-refractivity contribution in [2.24, 2.45) is 0 Å². The largest absolute Gasteiger partial charge is 0.493 e. The van der Waals surface area contributed by atoms with Crippen molar-refractivity contribution >= 4 is 11.9 Å². The van der Waals surface area contributed by atoms with E-state index in [0.717, 1.165) is 5.69 Å². The van der Waals surface area contributed by atoms with Gasteiger partial charge in [0.15, 0.2) is 17.5 Å². The third-order valence-electron chi connectivity index (χ3n) is 3.07. The molecule has 0 bridgehead atoms. The van der Waals surface area contributed by atoms with Gasteiger partial charge in [-0.1, -0.05) is 18.2 Å². The van der Waals surface area contributed by atoms with Gasteiger partial charge in [0.25, 0.3) is 5.91 Å². The van der Waals surface area contributed by atoms with Crippen molar-refractivity contribution in [3.63, 3.8) is 0 Å². The maximum absolute atomic E-state index is 12.3. The van der Waals surface area contributed by atoms with Crippen LogP contribution in [0.15, 0.2) is 36.5 Å². The number of carboxylic acids is 1. The number of rotatable bonds is 7. The number of para-hydroxylation sites is 1. The van der Waals surface area contributed by atoms with Crippen molar-refractivity contribution in [1.29, 1.82) is 0 Å². The van der Waals surface area contributed by atoms with E-state index < -0.39 is 17.9 Å². The fourth-order valence-corrected chi connectivity index (χ4v) is 1.95. The second-order valence-corrected chi connectivity index (χ2v) is 4.65. The Morgan fingerprint density at radius 3 is 2.57 bits per heavy atom. The van der Waals surface area contributed by atoms with Crippen molar-refractivity contribution < 1.29 is 24.2 Å². The molecule has 1 aromatic heterocycles. The summed E-state index contributed by atoms with van der Waals surface area (Å²) in [5, 5.41) is 15.6. The van der Waals surface area contributed by atoms with E-state index in [4.69, 9.17) is 14.6 Å². The highest BCUT2D eigenvalue weighted by Gasteiger charge is 2.25. The van der Waals surface area contributed by atoms with Gasteiger partial charge in [-0.25, -0.2) is 9.48 Å². The van der Waals surface area contributed by atoms with Crippen molar-refractivity contribution in [3.05, 3.63) is 42.2 Å². The van der Waals surface area contributed by atoms with Crippen LogP contribution in [0.4, 0.5) is 0 Å². The van der Waals surface area contributed by atoms with Gasteiger partial charge in [-0.05, 0) is 12.1 Å². The molecule has 1 aromatic carbocycles. The van der Waals surface area contributed by atoms with Gasteiger partial charge in [-0.15, -0.1) is 0 Å². The van der Waals surface area contributed by atoms with Crippen LogP contribution in [0.2, 0.25) is 0 Å². The minimum Gasteiger partial charge on any atom is -0.493 e. The van der Waals surface area contributed by atoms with Crippen LogP contribution in [0.5, 0.6) is 5.75 Å². The first kappa shape index (κ1) is 16.5. The van der Waals surface area contributed by atoms with Gasteiger partial charge < -0.3 is 19.9 Å². The molecule has 0 saturated heterocycles. The number of methoxy groups -OCH3 is 2. The van der Waals surface area contributed by atoms with E-state index in [0.29, 0.717) is 0 Å². The lowest BCUT2D eigenvalue weighted by molar-refractivity contribution is -0.140. The minimum absolute atomic E-state index is 0.00120. The Hall–Kier alpha value is -2.87. The maximum atomic E-state index is 12.3. The standard InChI is InChI=1S/C15H17N3O5/c1-22-9-11(15(20)21)16-14(19)13-12(23-2)8-18(17-13)10-6-4-3-5-7-10/h3-8,11H,9H2,1-2H3,(H,16,19)(H,20,21). The van der Waals surface area contributed by atoms with Crippen molar-refractivity contribution in [3.8, 4) is 11.4 Å². The van der Waals surface area contributed by atoms with Crippen LogP contribution < -0.4 is 10.1 Å². The number of ether oxygens (including phenoxy) is 2. The van der Waals surface area contributed by atoms with Crippen molar-refractivity contribution in [1.82, 2.24) is 15.1 Å². The molecule has 1 heterocycles. The first-order chi connectivity index (χ1) is 11.1. The smallest absolute Gasteiger partial charge is 0.328 e. The maximum Gasteiger partial charge on any atom is 0.328 e. The van der Waals surface area contributed by atoms with Gasteiger partial charge in [-0.3, -0.25) is 4.79 Å². The zero-order valence-corrected chi connectivity index (χ0v) is 12.7. The highest BCUT2D eigenvalue weighted by Crippen LogP contribution is 2.19. The van der Waals surface area contributed by atoms with Gasteiger partial charge in [0.1, 0.15) is 0 Å². The number of carbonyl (C=O) groups excluding carboxylic acids is 1. The van der Waals surface area contributed by atoms with Gasteiger partial charge in [-0.2, -0.15) is 5.10 Å². The summed E-state index contributed by atoms with van der Waals surface area (Å²) in [5.41, 5.74) is 0.746. The van der Waals surface area contributed by atoms with Crippen LogP contribution >= 0.6 is 0 Å². The summed E-state index contributed by atoms with van der Waals surface area (Å²) in [5.74, 6) is -1.60. The summed E-state index contributed by atoms with van der Waals surface area (Å²) in [6.07, 6.45) is 1.55. The molecule has 1 unspecified atom stereocenters. The minimum atomic E-state index is -1.19. The Labute approximate surface area is 132 Å². The summed E-state index contributed by atoms with van der Waals surface area (Å²) in [6, 6.07) is 8.00. The number of carboxylic acid groups (broad SMARTS) is 1. The summed E-state index contributed by atoms with van der Waals surface area (Å²) in [7, 11) is 2.76. The SMILES string of the molecule is COCC(NC(=O)c1nn(-c2ccccc2)cc1OC)C(=O)O. The number of amides is 1. The Morgan fingerprint density at radius 1 is 1.30 bits per heavy atom. The molecular weight excluding hydrogens is 302 g/mol. The van der Waals surface area contributed by atoms with Gasteiger partial charge in [0.2, 0.25) is 0 Å². The number of aliphatic carboxylic acids is 1. The lowest BCUT2D eigenvalue weighted by Crippen LogP contribution is -2.44. The molecule has 2 aromatic rings. The first-order valence-electron chi connectivity index (χ1n) is 6.78. The number of hydrogen-bond donors (Lipinski definition) is 2. The molecule has 2 rings (SSSR count). The molecule has 0 fully saturated rings. The zero-order chi connectivity index (χ0) is 16.8. The normalized spacial score (nSPS) is 11.7. The van der Waals surface area contributed by atoms with Crippen LogP contribution in [0.25, 0.3) is 5.69 Å². The van der Waals surface area contributed by atoms with Gasteiger partial charge >= 0.3 is 5.97 Å². The number of hydrogen-bond acceptors (Lipinski definition) is 5. The molecule has 23 heavy (non-hydrogen) atoms. The molecule has 122 valence electrons. The van der Waals surface area contributed by atoms with Crippen molar-refractivity contribution in [2.45, 2.75) is 6.04 Å². The molecule has 0 aliphatic heterocycles. The van der Waals surface area contributed by atoms with E-state index in [2.05, 4.69) is 10.4 Å². The predicted molar refractivity (Wildman–Crippen MR) is 80.9 cm³/mol. The fourth-order valence-electron chi connectivity index (χ4n) is 1.95. The molecule has 2 N–H and O–H groups in total. The number of aromatic nitrogens is 2. The Bertz CT molecular complexity index is 684.